The van der Waals surface area contributed by atoms with Gasteiger partial charge in [-0.25, -0.2) is 0 Å². The van der Waals surface area contributed by atoms with Crippen LogP contribution in [-0.2, 0) is 23.2 Å². The van der Waals surface area contributed by atoms with Gasteiger partial charge in [0.2, 0.25) is 0 Å². The van der Waals surface area contributed by atoms with Gasteiger partial charge in [0.1, 0.15) is 11.5 Å². The van der Waals surface area contributed by atoms with Crippen LogP contribution in [0.15, 0.2) is 71.3 Å². The third kappa shape index (κ3) is 5.23. The normalized spacial score (nSPS) is 11.2. The van der Waals surface area contributed by atoms with Crippen LogP contribution in [-0.4, -0.2) is 25.5 Å². The number of furan rings is 1. The van der Waals surface area contributed by atoms with E-state index in [4.69, 9.17) is 8.60 Å². The van der Waals surface area contributed by atoms with Gasteiger partial charge >= 0.3 is 10.1 Å². The van der Waals surface area contributed by atoms with Crippen LogP contribution in [0.25, 0.3) is 0 Å². The molecule has 0 saturated heterocycles. The molecule has 0 bridgehead atoms. The first-order valence-electron chi connectivity index (χ1n) is 8.67. The van der Waals surface area contributed by atoms with E-state index in [9.17, 15) is 13.2 Å². The number of rotatable bonds is 7. The summed E-state index contributed by atoms with van der Waals surface area (Å²) in [6.07, 6.45) is 2.57. The van der Waals surface area contributed by atoms with Crippen molar-refractivity contribution in [1.82, 2.24) is 4.90 Å². The summed E-state index contributed by atoms with van der Waals surface area (Å²) < 4.78 is 32.7. The first kappa shape index (κ1) is 19.7. The molecule has 0 spiro atoms. The van der Waals surface area contributed by atoms with Crippen molar-refractivity contribution in [3.8, 4) is 5.75 Å². The molecular weight excluding hydrogens is 378 g/mol. The predicted molar refractivity (Wildman–Crippen MR) is 105 cm³/mol. The highest BCUT2D eigenvalue weighted by molar-refractivity contribution is 7.86. The Kier molecular flexibility index (Phi) is 5.84. The summed E-state index contributed by atoms with van der Waals surface area (Å²) in [5.41, 5.74) is 2.37. The van der Waals surface area contributed by atoms with Gasteiger partial charge in [-0.05, 0) is 48.4 Å². The minimum Gasteiger partial charge on any atom is -0.467 e. The Bertz CT molecular complexity index is 1040. The Morgan fingerprint density at radius 3 is 2.32 bits per heavy atom. The number of hydrogen-bond donors (Lipinski definition) is 0. The number of aryl methyl sites for hydroxylation is 1. The smallest absolute Gasteiger partial charge is 0.306 e. The summed E-state index contributed by atoms with van der Waals surface area (Å²) in [6, 6.07) is 17.6. The number of benzene rings is 2. The van der Waals surface area contributed by atoms with E-state index in [-0.39, 0.29) is 11.7 Å². The SMILES string of the molecule is Cc1ccccc1C(=O)N(Cc1ccc(OS(C)(=O)=O)cc1)Cc1ccco1. The third-order valence-electron chi connectivity index (χ3n) is 4.13. The van der Waals surface area contributed by atoms with Crippen LogP contribution >= 0.6 is 0 Å². The van der Waals surface area contributed by atoms with Gasteiger partial charge < -0.3 is 13.5 Å². The molecule has 1 aromatic heterocycles. The third-order valence-corrected chi connectivity index (χ3v) is 4.63. The molecule has 3 aromatic rings. The van der Waals surface area contributed by atoms with Gasteiger partial charge in [0.25, 0.3) is 5.91 Å². The van der Waals surface area contributed by atoms with Crippen molar-refractivity contribution in [2.75, 3.05) is 6.26 Å². The number of amides is 1. The van der Waals surface area contributed by atoms with E-state index < -0.39 is 10.1 Å². The van der Waals surface area contributed by atoms with Crippen LogP contribution in [0, 0.1) is 6.92 Å². The Morgan fingerprint density at radius 2 is 1.71 bits per heavy atom. The Hall–Kier alpha value is -3.06. The van der Waals surface area contributed by atoms with Gasteiger partial charge in [-0.3, -0.25) is 4.79 Å². The van der Waals surface area contributed by atoms with Crippen LogP contribution in [0.2, 0.25) is 0 Å². The molecule has 0 unspecified atom stereocenters. The molecule has 0 aliphatic carbocycles. The second kappa shape index (κ2) is 8.31. The molecule has 0 aliphatic heterocycles. The fourth-order valence-electron chi connectivity index (χ4n) is 2.82. The Labute approximate surface area is 164 Å². The van der Waals surface area contributed by atoms with Crippen LogP contribution in [0.4, 0.5) is 0 Å². The van der Waals surface area contributed by atoms with Gasteiger partial charge in [-0.1, -0.05) is 30.3 Å². The summed E-state index contributed by atoms with van der Waals surface area (Å²) in [5, 5.41) is 0. The molecule has 2 aromatic carbocycles. The Morgan fingerprint density at radius 1 is 1.00 bits per heavy atom. The molecule has 7 heteroatoms. The minimum atomic E-state index is -3.58. The predicted octanol–water partition coefficient (Wildman–Crippen LogP) is 3.77. The number of carbonyl (C=O) groups excluding carboxylic acids is 1. The van der Waals surface area contributed by atoms with E-state index in [1.54, 1.807) is 47.6 Å². The highest BCUT2D eigenvalue weighted by Crippen LogP contribution is 2.19. The summed E-state index contributed by atoms with van der Waals surface area (Å²) in [6.45, 7) is 2.56. The fourth-order valence-corrected chi connectivity index (χ4v) is 3.28. The zero-order valence-corrected chi connectivity index (χ0v) is 16.5. The molecule has 28 heavy (non-hydrogen) atoms. The molecular formula is C21H21NO5S. The second-order valence-electron chi connectivity index (χ2n) is 6.49. The van der Waals surface area contributed by atoms with Crippen molar-refractivity contribution in [3.05, 3.63) is 89.4 Å². The molecule has 0 fully saturated rings. The van der Waals surface area contributed by atoms with Crippen molar-refractivity contribution in [2.45, 2.75) is 20.0 Å². The topological polar surface area (TPSA) is 76.8 Å². The van der Waals surface area contributed by atoms with Crippen LogP contribution in [0.1, 0.15) is 27.2 Å². The number of carbonyl (C=O) groups is 1. The van der Waals surface area contributed by atoms with E-state index >= 15 is 0 Å². The van der Waals surface area contributed by atoms with E-state index in [1.165, 1.54) is 0 Å². The highest BCUT2D eigenvalue weighted by Gasteiger charge is 2.19. The second-order valence-corrected chi connectivity index (χ2v) is 8.06. The lowest BCUT2D eigenvalue weighted by Gasteiger charge is -2.23. The van der Waals surface area contributed by atoms with Crippen LogP contribution in [0.5, 0.6) is 5.75 Å². The fraction of sp³-hybridized carbons (Fsp3) is 0.190. The summed E-state index contributed by atoms with van der Waals surface area (Å²) in [7, 11) is -3.58. The molecule has 0 aliphatic rings. The average Bonchev–Trinajstić information content (AvgIpc) is 3.14. The zero-order chi connectivity index (χ0) is 20.1. The van der Waals surface area contributed by atoms with Crippen molar-refractivity contribution < 1.29 is 21.8 Å². The van der Waals surface area contributed by atoms with Crippen molar-refractivity contribution in [1.29, 1.82) is 0 Å². The maximum absolute atomic E-state index is 13.1. The zero-order valence-electron chi connectivity index (χ0n) is 15.7. The first-order chi connectivity index (χ1) is 13.3. The highest BCUT2D eigenvalue weighted by atomic mass is 32.2. The molecule has 3 rings (SSSR count). The van der Waals surface area contributed by atoms with Crippen LogP contribution < -0.4 is 4.18 Å². The minimum absolute atomic E-state index is 0.106. The molecule has 6 nitrogen and oxygen atoms in total. The van der Waals surface area contributed by atoms with E-state index in [2.05, 4.69) is 0 Å². The van der Waals surface area contributed by atoms with Crippen molar-refractivity contribution >= 4 is 16.0 Å². The monoisotopic (exact) mass is 399 g/mol. The largest absolute Gasteiger partial charge is 0.467 e. The lowest BCUT2D eigenvalue weighted by Crippen LogP contribution is -2.30. The van der Waals surface area contributed by atoms with E-state index in [1.807, 2.05) is 31.2 Å². The first-order valence-corrected chi connectivity index (χ1v) is 10.5. The summed E-state index contributed by atoms with van der Waals surface area (Å²) in [5.74, 6) is 0.805. The average molecular weight is 399 g/mol. The van der Waals surface area contributed by atoms with E-state index in [0.717, 1.165) is 17.4 Å². The summed E-state index contributed by atoms with van der Waals surface area (Å²) >= 11 is 0. The van der Waals surface area contributed by atoms with Gasteiger partial charge in [0.15, 0.2) is 0 Å². The van der Waals surface area contributed by atoms with Gasteiger partial charge in [0.05, 0.1) is 19.1 Å². The maximum atomic E-state index is 13.1. The molecule has 0 radical (unpaired) electrons. The van der Waals surface area contributed by atoms with Crippen molar-refractivity contribution in [2.24, 2.45) is 0 Å². The van der Waals surface area contributed by atoms with Crippen LogP contribution in [0.3, 0.4) is 0 Å². The lowest BCUT2D eigenvalue weighted by atomic mass is 10.1. The van der Waals surface area contributed by atoms with E-state index in [0.29, 0.717) is 24.4 Å². The molecule has 146 valence electrons. The summed E-state index contributed by atoms with van der Waals surface area (Å²) in [4.78, 5) is 14.8. The van der Waals surface area contributed by atoms with Gasteiger partial charge in [-0.2, -0.15) is 8.42 Å². The molecule has 1 heterocycles. The molecule has 0 saturated carbocycles. The quantitative estimate of drug-likeness (QED) is 0.565. The molecule has 0 N–H and O–H groups in total. The maximum Gasteiger partial charge on any atom is 0.306 e. The standard InChI is InChI=1S/C21H21NO5S/c1-16-6-3-4-8-20(16)21(23)22(15-19-7-5-13-26-19)14-17-9-11-18(12-10-17)27-28(2,24)25/h3-13H,14-15H2,1-2H3. The Balaban J connectivity index is 1.83. The molecule has 1 amide bonds. The van der Waals surface area contributed by atoms with Gasteiger partial charge in [-0.15, -0.1) is 0 Å². The van der Waals surface area contributed by atoms with Gasteiger partial charge in [0, 0.05) is 12.1 Å². The lowest BCUT2D eigenvalue weighted by molar-refractivity contribution is 0.0717. The number of nitrogens with zero attached hydrogens (tertiary/aromatic N) is 1. The number of hydrogen-bond acceptors (Lipinski definition) is 5. The van der Waals surface area contributed by atoms with Crippen molar-refractivity contribution in [3.63, 3.8) is 0 Å². The molecule has 0 atom stereocenters.